The van der Waals surface area contributed by atoms with Crippen molar-refractivity contribution in [1.29, 1.82) is 0 Å². The lowest BCUT2D eigenvalue weighted by atomic mass is 9.89. The number of aromatic nitrogens is 2. The van der Waals surface area contributed by atoms with Gasteiger partial charge in [-0.3, -0.25) is 0 Å². The summed E-state index contributed by atoms with van der Waals surface area (Å²) in [4.78, 5) is 0. The number of benzene rings is 2. The molecule has 3 heteroatoms. The molecule has 3 aromatic rings. The number of nitrogens with zero attached hydrogens (tertiary/aromatic N) is 2. The largest absolute Gasteiger partial charge is 0.392 e. The Hall–Kier alpha value is -2.39. The SMILES string of the molecule is OCc1cn(-c2ccccc2)nc1-c1ccc2c(c1)CCCC2. The van der Waals surface area contributed by atoms with Crippen LogP contribution in [0.1, 0.15) is 29.5 Å². The van der Waals surface area contributed by atoms with Gasteiger partial charge in [-0.05, 0) is 55.0 Å². The van der Waals surface area contributed by atoms with E-state index < -0.39 is 0 Å². The van der Waals surface area contributed by atoms with Gasteiger partial charge in [-0.2, -0.15) is 5.10 Å². The molecular formula is C20H20N2O. The van der Waals surface area contributed by atoms with Gasteiger partial charge < -0.3 is 5.11 Å². The van der Waals surface area contributed by atoms with E-state index in [-0.39, 0.29) is 6.61 Å². The maximum atomic E-state index is 9.73. The number of para-hydroxylation sites is 1. The van der Waals surface area contributed by atoms with Crippen molar-refractivity contribution in [2.24, 2.45) is 0 Å². The maximum absolute atomic E-state index is 9.73. The molecular weight excluding hydrogens is 284 g/mol. The average Bonchev–Trinajstić information content (AvgIpc) is 3.06. The molecule has 0 saturated carbocycles. The van der Waals surface area contributed by atoms with Crippen LogP contribution in [0.25, 0.3) is 16.9 Å². The smallest absolute Gasteiger partial charge is 0.0982 e. The topological polar surface area (TPSA) is 38.0 Å². The molecule has 23 heavy (non-hydrogen) atoms. The van der Waals surface area contributed by atoms with Crippen LogP contribution in [0, 0.1) is 0 Å². The first kappa shape index (κ1) is 14.2. The van der Waals surface area contributed by atoms with E-state index in [1.54, 1.807) is 0 Å². The van der Waals surface area contributed by atoms with Gasteiger partial charge in [0.2, 0.25) is 0 Å². The first-order valence-corrected chi connectivity index (χ1v) is 8.22. The summed E-state index contributed by atoms with van der Waals surface area (Å²) in [6.45, 7) is -0.000742. The molecule has 0 fully saturated rings. The zero-order chi connectivity index (χ0) is 15.6. The molecule has 0 spiro atoms. The molecule has 0 saturated heterocycles. The fourth-order valence-corrected chi connectivity index (χ4v) is 3.36. The zero-order valence-corrected chi connectivity index (χ0v) is 13.1. The summed E-state index contributed by atoms with van der Waals surface area (Å²) in [5.41, 5.74) is 6.75. The van der Waals surface area contributed by atoms with Gasteiger partial charge in [-0.25, -0.2) is 4.68 Å². The number of hydrogen-bond acceptors (Lipinski definition) is 2. The molecule has 0 bridgehead atoms. The predicted octanol–water partition coefficient (Wildman–Crippen LogP) is 3.91. The lowest BCUT2D eigenvalue weighted by Crippen LogP contribution is -2.02. The van der Waals surface area contributed by atoms with Crippen molar-refractivity contribution in [2.75, 3.05) is 0 Å². The van der Waals surface area contributed by atoms with Crippen molar-refractivity contribution in [1.82, 2.24) is 9.78 Å². The summed E-state index contributed by atoms with van der Waals surface area (Å²) < 4.78 is 1.85. The predicted molar refractivity (Wildman–Crippen MR) is 91.6 cm³/mol. The number of aliphatic hydroxyl groups excluding tert-OH is 1. The summed E-state index contributed by atoms with van der Waals surface area (Å²) in [6, 6.07) is 16.6. The number of hydrogen-bond donors (Lipinski definition) is 1. The molecule has 0 unspecified atom stereocenters. The highest BCUT2D eigenvalue weighted by Crippen LogP contribution is 2.29. The van der Waals surface area contributed by atoms with E-state index in [2.05, 4.69) is 18.2 Å². The normalized spacial score (nSPS) is 13.8. The number of aryl methyl sites for hydroxylation is 2. The summed E-state index contributed by atoms with van der Waals surface area (Å²) >= 11 is 0. The van der Waals surface area contributed by atoms with Crippen molar-refractivity contribution in [3.05, 3.63) is 71.4 Å². The molecule has 0 radical (unpaired) electrons. The van der Waals surface area contributed by atoms with Crippen LogP contribution in [0.2, 0.25) is 0 Å². The van der Waals surface area contributed by atoms with Gasteiger partial charge >= 0.3 is 0 Å². The van der Waals surface area contributed by atoms with Gasteiger partial charge in [0.1, 0.15) is 0 Å². The minimum Gasteiger partial charge on any atom is -0.392 e. The quantitative estimate of drug-likeness (QED) is 0.796. The van der Waals surface area contributed by atoms with Gasteiger partial charge in [-0.15, -0.1) is 0 Å². The van der Waals surface area contributed by atoms with Crippen molar-refractivity contribution >= 4 is 0 Å². The highest BCUT2D eigenvalue weighted by molar-refractivity contribution is 5.65. The molecule has 1 N–H and O–H groups in total. The molecule has 1 aromatic heterocycles. The zero-order valence-electron chi connectivity index (χ0n) is 13.1. The average molecular weight is 304 g/mol. The Morgan fingerprint density at radius 3 is 2.52 bits per heavy atom. The molecule has 2 aromatic carbocycles. The highest BCUT2D eigenvalue weighted by atomic mass is 16.3. The Kier molecular flexibility index (Phi) is 3.72. The van der Waals surface area contributed by atoms with Crippen LogP contribution in [0.3, 0.4) is 0 Å². The second kappa shape index (κ2) is 6.01. The molecule has 1 heterocycles. The van der Waals surface area contributed by atoms with Crippen LogP contribution in [0.5, 0.6) is 0 Å². The van der Waals surface area contributed by atoms with Crippen molar-refractivity contribution in [3.63, 3.8) is 0 Å². The Labute approximate surface area is 136 Å². The number of rotatable bonds is 3. The highest BCUT2D eigenvalue weighted by Gasteiger charge is 2.15. The Morgan fingerprint density at radius 2 is 1.74 bits per heavy atom. The monoisotopic (exact) mass is 304 g/mol. The minimum absolute atomic E-state index is 0.000742. The summed E-state index contributed by atoms with van der Waals surface area (Å²) in [7, 11) is 0. The van der Waals surface area contributed by atoms with Crippen LogP contribution in [0.15, 0.2) is 54.7 Å². The van der Waals surface area contributed by atoms with Crippen molar-refractivity contribution < 1.29 is 5.11 Å². The van der Waals surface area contributed by atoms with Crippen LogP contribution < -0.4 is 0 Å². The van der Waals surface area contributed by atoms with E-state index in [4.69, 9.17) is 5.10 Å². The molecule has 3 nitrogen and oxygen atoms in total. The van der Waals surface area contributed by atoms with Gasteiger partial charge in [-0.1, -0.05) is 30.3 Å². The fourth-order valence-electron chi connectivity index (χ4n) is 3.36. The third kappa shape index (κ3) is 2.68. The van der Waals surface area contributed by atoms with E-state index in [1.165, 1.54) is 30.4 Å². The van der Waals surface area contributed by atoms with E-state index in [1.807, 2.05) is 41.2 Å². The number of aliphatic hydroxyl groups is 1. The Balaban J connectivity index is 1.78. The molecule has 116 valence electrons. The molecule has 4 rings (SSSR count). The second-order valence-corrected chi connectivity index (χ2v) is 6.13. The summed E-state index contributed by atoms with van der Waals surface area (Å²) in [6.07, 6.45) is 6.81. The van der Waals surface area contributed by atoms with Crippen molar-refractivity contribution in [2.45, 2.75) is 32.3 Å². The molecule has 0 aliphatic heterocycles. The fraction of sp³-hybridized carbons (Fsp3) is 0.250. The first-order chi connectivity index (χ1) is 11.3. The maximum Gasteiger partial charge on any atom is 0.0982 e. The van der Waals surface area contributed by atoms with Crippen LogP contribution in [-0.2, 0) is 19.4 Å². The van der Waals surface area contributed by atoms with E-state index in [0.29, 0.717) is 0 Å². The Bertz CT molecular complexity index is 821. The molecule has 1 aliphatic rings. The van der Waals surface area contributed by atoms with Gasteiger partial charge in [0.05, 0.1) is 18.0 Å². The summed E-state index contributed by atoms with van der Waals surface area (Å²) in [5.74, 6) is 0. The van der Waals surface area contributed by atoms with Crippen LogP contribution >= 0.6 is 0 Å². The lowest BCUT2D eigenvalue weighted by Gasteiger charge is -2.16. The molecule has 1 aliphatic carbocycles. The van der Waals surface area contributed by atoms with Crippen LogP contribution in [0.4, 0.5) is 0 Å². The Morgan fingerprint density at radius 1 is 0.957 bits per heavy atom. The van der Waals surface area contributed by atoms with Gasteiger partial charge in [0, 0.05) is 17.3 Å². The third-order valence-corrected chi connectivity index (χ3v) is 4.60. The standard InChI is InChI=1S/C20H20N2O/c23-14-18-13-22(19-8-2-1-3-9-19)21-20(18)17-11-10-15-6-4-5-7-16(15)12-17/h1-3,8-13,23H,4-7,14H2. The van der Waals surface area contributed by atoms with E-state index in [9.17, 15) is 5.11 Å². The number of fused-ring (bicyclic) bond motifs is 1. The minimum atomic E-state index is -0.000742. The first-order valence-electron chi connectivity index (χ1n) is 8.22. The molecule has 0 atom stereocenters. The lowest BCUT2D eigenvalue weighted by molar-refractivity contribution is 0.282. The van der Waals surface area contributed by atoms with Gasteiger partial charge in [0.25, 0.3) is 0 Å². The van der Waals surface area contributed by atoms with E-state index >= 15 is 0 Å². The molecule has 0 amide bonds. The summed E-state index contributed by atoms with van der Waals surface area (Å²) in [5, 5.41) is 14.5. The van der Waals surface area contributed by atoms with E-state index in [0.717, 1.165) is 28.9 Å². The van der Waals surface area contributed by atoms with Crippen molar-refractivity contribution in [3.8, 4) is 16.9 Å². The third-order valence-electron chi connectivity index (χ3n) is 4.60. The second-order valence-electron chi connectivity index (χ2n) is 6.13. The van der Waals surface area contributed by atoms with Gasteiger partial charge in [0.15, 0.2) is 0 Å². The van der Waals surface area contributed by atoms with Crippen LogP contribution in [-0.4, -0.2) is 14.9 Å².